The molecule has 0 saturated carbocycles. The van der Waals surface area contributed by atoms with E-state index in [4.69, 9.17) is 0 Å². The summed E-state index contributed by atoms with van der Waals surface area (Å²) in [6.45, 7) is 4.93. The Morgan fingerprint density at radius 2 is 1.93 bits per heavy atom. The minimum absolute atomic E-state index is 0.750. The van der Waals surface area contributed by atoms with Gasteiger partial charge in [0.05, 0.1) is 6.67 Å². The second-order valence-electron chi connectivity index (χ2n) is 3.78. The van der Waals surface area contributed by atoms with Crippen molar-refractivity contribution in [2.45, 2.75) is 13.8 Å². The van der Waals surface area contributed by atoms with Gasteiger partial charge in [0.15, 0.2) is 0 Å². The number of nitrogens with zero attached hydrogens (tertiary/aromatic N) is 2. The Labute approximate surface area is 86.3 Å². The first kappa shape index (κ1) is 10.9. The first-order valence-corrected chi connectivity index (χ1v) is 4.83. The highest BCUT2D eigenvalue weighted by atomic mass is 15.1. The zero-order valence-corrected chi connectivity index (χ0v) is 9.41. The van der Waals surface area contributed by atoms with Crippen LogP contribution in [0.15, 0.2) is 29.3 Å². The summed E-state index contributed by atoms with van der Waals surface area (Å²) >= 11 is 0. The SMILES string of the molecule is CC(=NCN(C)C)c1ccccc1C. The van der Waals surface area contributed by atoms with Crippen molar-refractivity contribution in [1.29, 1.82) is 0 Å². The highest BCUT2D eigenvalue weighted by Crippen LogP contribution is 2.08. The molecule has 76 valence electrons. The fourth-order valence-corrected chi connectivity index (χ4v) is 1.31. The van der Waals surface area contributed by atoms with Crippen LogP contribution in [0.5, 0.6) is 0 Å². The molecular weight excluding hydrogens is 172 g/mol. The van der Waals surface area contributed by atoms with Crippen molar-refractivity contribution in [1.82, 2.24) is 4.90 Å². The molecule has 0 aromatic heterocycles. The highest BCUT2D eigenvalue weighted by molar-refractivity contribution is 5.99. The summed E-state index contributed by atoms with van der Waals surface area (Å²) in [4.78, 5) is 6.55. The molecule has 0 N–H and O–H groups in total. The van der Waals surface area contributed by atoms with Gasteiger partial charge < -0.3 is 0 Å². The van der Waals surface area contributed by atoms with Crippen LogP contribution in [0.25, 0.3) is 0 Å². The Kier molecular flexibility index (Phi) is 3.84. The predicted molar refractivity (Wildman–Crippen MR) is 61.9 cm³/mol. The van der Waals surface area contributed by atoms with Crippen molar-refractivity contribution in [3.63, 3.8) is 0 Å². The maximum Gasteiger partial charge on any atom is 0.0907 e. The molecule has 1 aromatic carbocycles. The minimum Gasteiger partial charge on any atom is -0.291 e. The molecule has 0 atom stereocenters. The average molecular weight is 190 g/mol. The van der Waals surface area contributed by atoms with Gasteiger partial charge in [-0.25, -0.2) is 0 Å². The van der Waals surface area contributed by atoms with Crippen molar-refractivity contribution in [2.75, 3.05) is 20.8 Å². The van der Waals surface area contributed by atoms with Gasteiger partial charge in [0, 0.05) is 5.71 Å². The largest absolute Gasteiger partial charge is 0.291 e. The molecule has 0 fully saturated rings. The number of hydrogen-bond acceptors (Lipinski definition) is 2. The lowest BCUT2D eigenvalue weighted by molar-refractivity contribution is 0.424. The molecule has 0 amide bonds. The van der Waals surface area contributed by atoms with Gasteiger partial charge in [-0.1, -0.05) is 24.3 Å². The summed E-state index contributed by atoms with van der Waals surface area (Å²) in [5.74, 6) is 0. The average Bonchev–Trinajstić information content (AvgIpc) is 2.15. The molecule has 0 aliphatic carbocycles. The molecule has 0 saturated heterocycles. The predicted octanol–water partition coefficient (Wildman–Crippen LogP) is 2.32. The van der Waals surface area contributed by atoms with Gasteiger partial charge in [0.1, 0.15) is 0 Å². The van der Waals surface area contributed by atoms with E-state index in [1.807, 2.05) is 14.1 Å². The normalized spacial score (nSPS) is 12.2. The third-order valence-electron chi connectivity index (χ3n) is 2.13. The fraction of sp³-hybridized carbons (Fsp3) is 0.417. The molecule has 1 rings (SSSR count). The van der Waals surface area contributed by atoms with Gasteiger partial charge in [0.25, 0.3) is 0 Å². The Hall–Kier alpha value is -1.15. The van der Waals surface area contributed by atoms with Gasteiger partial charge in [-0.15, -0.1) is 0 Å². The van der Waals surface area contributed by atoms with E-state index in [0.29, 0.717) is 0 Å². The van der Waals surface area contributed by atoms with Gasteiger partial charge in [0.2, 0.25) is 0 Å². The van der Waals surface area contributed by atoms with Crippen LogP contribution < -0.4 is 0 Å². The first-order valence-electron chi connectivity index (χ1n) is 4.83. The number of aliphatic imine (C=N–C) groups is 1. The van der Waals surface area contributed by atoms with Crippen LogP contribution in [0.4, 0.5) is 0 Å². The molecule has 0 heterocycles. The highest BCUT2D eigenvalue weighted by Gasteiger charge is 1.99. The number of benzene rings is 1. The minimum atomic E-state index is 0.750. The summed E-state index contributed by atoms with van der Waals surface area (Å²) in [5.41, 5.74) is 3.64. The Bertz CT molecular complexity index is 327. The summed E-state index contributed by atoms with van der Waals surface area (Å²) < 4.78 is 0. The van der Waals surface area contributed by atoms with Gasteiger partial charge in [-0.05, 0) is 39.1 Å². The lowest BCUT2D eigenvalue weighted by Gasteiger charge is -2.08. The second-order valence-corrected chi connectivity index (χ2v) is 3.78. The topological polar surface area (TPSA) is 15.6 Å². The molecule has 14 heavy (non-hydrogen) atoms. The van der Waals surface area contributed by atoms with E-state index in [-0.39, 0.29) is 0 Å². The summed E-state index contributed by atoms with van der Waals surface area (Å²) in [6.07, 6.45) is 0. The molecule has 0 unspecified atom stereocenters. The maximum absolute atomic E-state index is 4.50. The van der Waals surface area contributed by atoms with E-state index in [1.54, 1.807) is 0 Å². The van der Waals surface area contributed by atoms with Crippen LogP contribution in [0, 0.1) is 6.92 Å². The molecule has 2 heteroatoms. The number of hydrogen-bond donors (Lipinski definition) is 0. The van der Waals surface area contributed by atoms with E-state index in [9.17, 15) is 0 Å². The third kappa shape index (κ3) is 2.96. The van der Waals surface area contributed by atoms with Gasteiger partial charge in [-0.3, -0.25) is 9.89 Å². The van der Waals surface area contributed by atoms with Crippen LogP contribution in [0.1, 0.15) is 18.1 Å². The molecule has 0 spiro atoms. The lowest BCUT2D eigenvalue weighted by Crippen LogP contribution is -2.13. The lowest BCUT2D eigenvalue weighted by atomic mass is 10.1. The molecule has 0 aliphatic heterocycles. The molecule has 0 radical (unpaired) electrons. The zero-order valence-electron chi connectivity index (χ0n) is 9.41. The van der Waals surface area contributed by atoms with Crippen LogP contribution >= 0.6 is 0 Å². The fourth-order valence-electron chi connectivity index (χ4n) is 1.31. The second kappa shape index (κ2) is 4.91. The molecule has 2 nitrogen and oxygen atoms in total. The molecular formula is C12H18N2. The van der Waals surface area contributed by atoms with Crippen LogP contribution in [-0.2, 0) is 0 Å². The molecule has 0 aliphatic rings. The van der Waals surface area contributed by atoms with Gasteiger partial charge >= 0.3 is 0 Å². The number of rotatable bonds is 3. The van der Waals surface area contributed by atoms with E-state index in [2.05, 4.69) is 48.0 Å². The van der Waals surface area contributed by atoms with Crippen molar-refractivity contribution in [3.05, 3.63) is 35.4 Å². The quantitative estimate of drug-likeness (QED) is 0.668. The van der Waals surface area contributed by atoms with Crippen LogP contribution in [-0.4, -0.2) is 31.4 Å². The van der Waals surface area contributed by atoms with Crippen molar-refractivity contribution < 1.29 is 0 Å². The van der Waals surface area contributed by atoms with E-state index >= 15 is 0 Å². The van der Waals surface area contributed by atoms with E-state index in [0.717, 1.165) is 12.4 Å². The first-order chi connectivity index (χ1) is 6.61. The van der Waals surface area contributed by atoms with Crippen LogP contribution in [0.3, 0.4) is 0 Å². The third-order valence-corrected chi connectivity index (χ3v) is 2.13. The van der Waals surface area contributed by atoms with Crippen molar-refractivity contribution in [2.24, 2.45) is 4.99 Å². The molecule has 1 aromatic rings. The summed E-state index contributed by atoms with van der Waals surface area (Å²) in [5, 5.41) is 0. The molecule has 0 bridgehead atoms. The Morgan fingerprint density at radius 1 is 1.29 bits per heavy atom. The van der Waals surface area contributed by atoms with Crippen molar-refractivity contribution in [3.8, 4) is 0 Å². The Balaban J connectivity index is 2.84. The smallest absolute Gasteiger partial charge is 0.0907 e. The summed E-state index contributed by atoms with van der Waals surface area (Å²) in [7, 11) is 4.04. The van der Waals surface area contributed by atoms with E-state index in [1.165, 1.54) is 11.1 Å². The zero-order chi connectivity index (χ0) is 10.6. The summed E-state index contributed by atoms with van der Waals surface area (Å²) in [6, 6.07) is 8.34. The maximum atomic E-state index is 4.50. The number of aryl methyl sites for hydroxylation is 1. The van der Waals surface area contributed by atoms with Crippen molar-refractivity contribution >= 4 is 5.71 Å². The Morgan fingerprint density at radius 3 is 2.50 bits per heavy atom. The van der Waals surface area contributed by atoms with Crippen LogP contribution in [0.2, 0.25) is 0 Å². The standard InChI is InChI=1S/C12H18N2/c1-10-7-5-6-8-12(10)11(2)13-9-14(3)4/h5-8H,9H2,1-4H3. The monoisotopic (exact) mass is 190 g/mol. The van der Waals surface area contributed by atoms with E-state index < -0.39 is 0 Å². The van der Waals surface area contributed by atoms with Gasteiger partial charge in [-0.2, -0.15) is 0 Å².